The minimum Gasteiger partial charge on any atom is -0.494 e. The first-order chi connectivity index (χ1) is 12.0. The predicted molar refractivity (Wildman–Crippen MR) is 94.2 cm³/mol. The zero-order valence-corrected chi connectivity index (χ0v) is 15.3. The predicted octanol–water partition coefficient (Wildman–Crippen LogP) is 1.49. The molecule has 0 fully saturated rings. The molecule has 2 aromatic heterocycles. The maximum absolute atomic E-state index is 12.8. The summed E-state index contributed by atoms with van der Waals surface area (Å²) >= 11 is 1.43. The van der Waals surface area contributed by atoms with Gasteiger partial charge in [-0.2, -0.15) is 0 Å². The summed E-state index contributed by atoms with van der Waals surface area (Å²) in [7, 11) is 4.97. The van der Waals surface area contributed by atoms with Crippen molar-refractivity contribution in [1.82, 2.24) is 19.8 Å². The second-order valence-electron chi connectivity index (χ2n) is 5.96. The third kappa shape index (κ3) is 3.48. The molecule has 132 valence electrons. The third-order valence-corrected chi connectivity index (χ3v) is 5.26. The van der Waals surface area contributed by atoms with Crippen molar-refractivity contribution in [3.8, 4) is 5.75 Å². The average Bonchev–Trinajstić information content (AvgIpc) is 2.93. The molecule has 3 heterocycles. The van der Waals surface area contributed by atoms with Crippen molar-refractivity contribution < 1.29 is 14.3 Å². The molecule has 8 heteroatoms. The lowest BCUT2D eigenvalue weighted by Gasteiger charge is -2.21. The number of carbonyl (C=O) groups is 2. The number of pyridine rings is 1. The maximum Gasteiger partial charge on any atom is 0.282 e. The second-order valence-corrected chi connectivity index (χ2v) is 7.04. The van der Waals surface area contributed by atoms with Crippen molar-refractivity contribution in [3.05, 3.63) is 39.6 Å². The summed E-state index contributed by atoms with van der Waals surface area (Å²) in [5, 5.41) is 0.519. The first-order valence-electron chi connectivity index (χ1n) is 7.98. The Morgan fingerprint density at radius 1 is 1.28 bits per heavy atom. The summed E-state index contributed by atoms with van der Waals surface area (Å²) in [6.07, 6.45) is 4.48. The molecule has 1 aliphatic heterocycles. The highest BCUT2D eigenvalue weighted by Gasteiger charge is 2.25. The first kappa shape index (κ1) is 17.3. The number of amides is 2. The third-order valence-electron chi connectivity index (χ3n) is 4.12. The number of nitrogens with zero attached hydrogens (tertiary/aromatic N) is 4. The Balaban J connectivity index is 1.75. The van der Waals surface area contributed by atoms with E-state index < -0.39 is 0 Å². The summed E-state index contributed by atoms with van der Waals surface area (Å²) < 4.78 is 5.24. The molecule has 0 radical (unpaired) electrons. The van der Waals surface area contributed by atoms with Gasteiger partial charge in [-0.1, -0.05) is 0 Å². The van der Waals surface area contributed by atoms with E-state index in [4.69, 9.17) is 4.74 Å². The van der Waals surface area contributed by atoms with E-state index in [1.165, 1.54) is 23.3 Å². The Morgan fingerprint density at radius 3 is 2.76 bits per heavy atom. The topological polar surface area (TPSA) is 75.6 Å². The van der Waals surface area contributed by atoms with Crippen LogP contribution in [-0.4, -0.2) is 65.9 Å². The van der Waals surface area contributed by atoms with Gasteiger partial charge in [0, 0.05) is 51.1 Å². The molecule has 0 atom stereocenters. The molecule has 7 nitrogen and oxygen atoms in total. The number of carbonyl (C=O) groups excluding carboxylic acids is 2. The number of hydrogen-bond acceptors (Lipinski definition) is 6. The highest BCUT2D eigenvalue weighted by molar-refractivity contribution is 7.13. The van der Waals surface area contributed by atoms with E-state index in [9.17, 15) is 9.59 Å². The maximum atomic E-state index is 12.8. The van der Waals surface area contributed by atoms with E-state index in [2.05, 4.69) is 9.97 Å². The number of thiazole rings is 1. The highest BCUT2D eigenvalue weighted by atomic mass is 32.1. The number of aromatic nitrogens is 2. The summed E-state index contributed by atoms with van der Waals surface area (Å²) in [6, 6.07) is 1.67. The van der Waals surface area contributed by atoms with Crippen LogP contribution in [0.4, 0.5) is 0 Å². The molecule has 2 amide bonds. The van der Waals surface area contributed by atoms with E-state index in [0.717, 1.165) is 10.6 Å². The van der Waals surface area contributed by atoms with Crippen LogP contribution < -0.4 is 4.74 Å². The molecule has 0 N–H and O–H groups in total. The van der Waals surface area contributed by atoms with Gasteiger partial charge in [0.2, 0.25) is 0 Å². The number of fused-ring (bicyclic) bond motifs is 1. The van der Waals surface area contributed by atoms with E-state index in [0.29, 0.717) is 42.3 Å². The smallest absolute Gasteiger partial charge is 0.282 e. The van der Waals surface area contributed by atoms with Gasteiger partial charge in [0.15, 0.2) is 5.01 Å². The van der Waals surface area contributed by atoms with Crippen LogP contribution in [0.5, 0.6) is 5.75 Å². The Bertz CT molecular complexity index is 777. The van der Waals surface area contributed by atoms with Crippen LogP contribution in [-0.2, 0) is 12.8 Å². The average molecular weight is 360 g/mol. The van der Waals surface area contributed by atoms with Crippen LogP contribution in [0.25, 0.3) is 0 Å². The van der Waals surface area contributed by atoms with Gasteiger partial charge in [0.1, 0.15) is 5.75 Å². The van der Waals surface area contributed by atoms with Crippen molar-refractivity contribution in [1.29, 1.82) is 0 Å². The van der Waals surface area contributed by atoms with Crippen LogP contribution in [0.3, 0.4) is 0 Å². The van der Waals surface area contributed by atoms with Crippen molar-refractivity contribution in [2.75, 3.05) is 34.3 Å². The van der Waals surface area contributed by atoms with Gasteiger partial charge in [0.05, 0.1) is 24.6 Å². The Kier molecular flexibility index (Phi) is 4.98. The quantitative estimate of drug-likeness (QED) is 0.829. The summed E-state index contributed by atoms with van der Waals surface area (Å²) in [4.78, 5) is 37.8. The zero-order valence-electron chi connectivity index (χ0n) is 14.5. The van der Waals surface area contributed by atoms with Crippen molar-refractivity contribution in [3.63, 3.8) is 0 Å². The molecule has 25 heavy (non-hydrogen) atoms. The van der Waals surface area contributed by atoms with Crippen LogP contribution in [0.1, 0.15) is 30.7 Å². The molecular formula is C17H20N4O3S. The molecule has 0 aromatic carbocycles. The van der Waals surface area contributed by atoms with Crippen molar-refractivity contribution in [2.24, 2.45) is 0 Å². The lowest BCUT2D eigenvalue weighted by atomic mass is 10.2. The number of hydrogen-bond donors (Lipinski definition) is 0. The normalized spacial score (nSPS) is 13.8. The lowest BCUT2D eigenvalue weighted by molar-refractivity contribution is 0.0758. The molecule has 0 unspecified atom stereocenters. The van der Waals surface area contributed by atoms with Crippen molar-refractivity contribution >= 4 is 23.2 Å². The van der Waals surface area contributed by atoms with Gasteiger partial charge in [-0.25, -0.2) is 4.98 Å². The number of methoxy groups -OCH3 is 1. The minimum absolute atomic E-state index is 0.0704. The molecule has 0 aliphatic carbocycles. The molecule has 0 saturated heterocycles. The SMILES string of the molecule is COc1cnccc1C(=O)N1CCc2nc(C(=O)N(C)C)sc2CC1. The Hall–Kier alpha value is -2.48. The fourth-order valence-corrected chi connectivity index (χ4v) is 3.86. The largest absolute Gasteiger partial charge is 0.494 e. The highest BCUT2D eigenvalue weighted by Crippen LogP contribution is 2.25. The van der Waals surface area contributed by atoms with E-state index in [-0.39, 0.29) is 11.8 Å². The van der Waals surface area contributed by atoms with Gasteiger partial charge >= 0.3 is 0 Å². The van der Waals surface area contributed by atoms with Gasteiger partial charge in [-0.15, -0.1) is 11.3 Å². The summed E-state index contributed by atoms with van der Waals surface area (Å²) in [6.45, 7) is 1.16. The Labute approximate surface area is 150 Å². The van der Waals surface area contributed by atoms with E-state index in [1.807, 2.05) is 0 Å². The van der Waals surface area contributed by atoms with Gasteiger partial charge in [0.25, 0.3) is 11.8 Å². The van der Waals surface area contributed by atoms with E-state index >= 15 is 0 Å². The molecule has 2 aromatic rings. The number of rotatable bonds is 3. The molecule has 0 bridgehead atoms. The Morgan fingerprint density at radius 2 is 2.04 bits per heavy atom. The lowest BCUT2D eigenvalue weighted by Crippen LogP contribution is -2.33. The fraction of sp³-hybridized carbons (Fsp3) is 0.412. The van der Waals surface area contributed by atoms with Crippen LogP contribution >= 0.6 is 11.3 Å². The summed E-state index contributed by atoms with van der Waals surface area (Å²) in [5.41, 5.74) is 1.44. The van der Waals surface area contributed by atoms with Crippen LogP contribution in [0.15, 0.2) is 18.5 Å². The molecule has 3 rings (SSSR count). The molecular weight excluding hydrogens is 340 g/mol. The number of ether oxygens (including phenoxy) is 1. The summed E-state index contributed by atoms with van der Waals surface area (Å²) in [5.74, 6) is 0.329. The fourth-order valence-electron chi connectivity index (χ4n) is 2.74. The minimum atomic E-state index is -0.0764. The standard InChI is InChI=1S/C17H20N4O3S/c1-20(2)17(23)15-19-12-5-8-21(9-6-14(12)25-15)16(22)11-4-7-18-10-13(11)24-3/h4,7,10H,5-6,8-9H2,1-3H3. The molecule has 0 spiro atoms. The van der Waals surface area contributed by atoms with Crippen LogP contribution in [0, 0.1) is 0 Å². The molecule has 0 saturated carbocycles. The second kappa shape index (κ2) is 7.18. The first-order valence-corrected chi connectivity index (χ1v) is 8.80. The zero-order chi connectivity index (χ0) is 18.0. The van der Waals surface area contributed by atoms with Gasteiger partial charge in [-0.3, -0.25) is 14.6 Å². The van der Waals surface area contributed by atoms with E-state index in [1.54, 1.807) is 37.5 Å². The monoisotopic (exact) mass is 360 g/mol. The van der Waals surface area contributed by atoms with Crippen molar-refractivity contribution in [2.45, 2.75) is 12.8 Å². The molecule has 1 aliphatic rings. The van der Waals surface area contributed by atoms with Crippen LogP contribution in [0.2, 0.25) is 0 Å². The van der Waals surface area contributed by atoms with Gasteiger partial charge < -0.3 is 14.5 Å². The van der Waals surface area contributed by atoms with Gasteiger partial charge in [-0.05, 0) is 6.07 Å².